The molecule has 1 unspecified atom stereocenters. The molecule has 0 radical (unpaired) electrons. The first kappa shape index (κ1) is 12.6. The first-order valence-electron chi connectivity index (χ1n) is 5.41. The molecule has 1 heterocycles. The quantitative estimate of drug-likeness (QED) is 0.838. The Bertz CT molecular complexity index is 379. The average Bonchev–Trinajstić information content (AvgIpc) is 2.55. The van der Waals surface area contributed by atoms with Crippen LogP contribution in [0.1, 0.15) is 43.3 Å². The van der Waals surface area contributed by atoms with E-state index in [4.69, 9.17) is 14.3 Å². The molecule has 90 valence electrons. The highest BCUT2D eigenvalue weighted by molar-refractivity contribution is 5.76. The molecule has 0 spiro atoms. The number of carbonyl (C=O) groups is 1. The molecule has 0 saturated carbocycles. The Morgan fingerprint density at radius 1 is 1.56 bits per heavy atom. The van der Waals surface area contributed by atoms with Crippen LogP contribution in [0.25, 0.3) is 0 Å². The first-order chi connectivity index (χ1) is 7.52. The Morgan fingerprint density at radius 2 is 2.19 bits per heavy atom. The van der Waals surface area contributed by atoms with Crippen LogP contribution in [0.2, 0.25) is 0 Å². The van der Waals surface area contributed by atoms with Gasteiger partial charge in [-0.1, -0.05) is 6.92 Å². The van der Waals surface area contributed by atoms with Crippen molar-refractivity contribution in [2.24, 2.45) is 0 Å². The van der Waals surface area contributed by atoms with E-state index in [1.165, 1.54) is 7.11 Å². The van der Waals surface area contributed by atoms with Gasteiger partial charge >= 0.3 is 5.97 Å². The lowest BCUT2D eigenvalue weighted by Crippen LogP contribution is -2.07. The summed E-state index contributed by atoms with van der Waals surface area (Å²) in [6, 6.07) is 0. The minimum atomic E-state index is -0.907. The zero-order chi connectivity index (χ0) is 12.3. The number of ether oxygens (including phenoxy) is 1. The summed E-state index contributed by atoms with van der Waals surface area (Å²) in [5, 5.41) is 8.97. The minimum absolute atomic E-state index is 0.413. The lowest BCUT2D eigenvalue weighted by Gasteiger charge is -2.05. The zero-order valence-electron chi connectivity index (χ0n) is 10.2. The second kappa shape index (κ2) is 5.05. The number of carboxylic acids is 1. The maximum absolute atomic E-state index is 10.9. The summed E-state index contributed by atoms with van der Waals surface area (Å²) in [7, 11) is 1.53. The number of rotatable bonds is 5. The third kappa shape index (κ3) is 2.21. The molecule has 4 nitrogen and oxygen atoms in total. The molecule has 0 saturated heterocycles. The highest BCUT2D eigenvalue weighted by Crippen LogP contribution is 2.35. The van der Waals surface area contributed by atoms with E-state index in [1.807, 2.05) is 6.92 Å². The molecule has 4 heteroatoms. The van der Waals surface area contributed by atoms with Gasteiger partial charge in [0.05, 0.1) is 7.11 Å². The molecule has 0 aromatic carbocycles. The molecule has 0 bridgehead atoms. The summed E-state index contributed by atoms with van der Waals surface area (Å²) in [5.41, 5.74) is 0.910. The van der Waals surface area contributed by atoms with E-state index in [0.717, 1.165) is 24.2 Å². The van der Waals surface area contributed by atoms with Gasteiger partial charge in [0.2, 0.25) is 0 Å². The lowest BCUT2D eigenvalue weighted by atomic mass is 10.1. The van der Waals surface area contributed by atoms with Crippen molar-refractivity contribution in [3.05, 3.63) is 17.1 Å². The van der Waals surface area contributed by atoms with Crippen molar-refractivity contribution >= 4 is 5.97 Å². The number of aliphatic carboxylic acids is 1. The van der Waals surface area contributed by atoms with Gasteiger partial charge in [0.25, 0.3) is 0 Å². The van der Waals surface area contributed by atoms with Gasteiger partial charge in [0, 0.05) is 12.0 Å². The standard InChI is InChI=1S/C12H18O4/c1-5-6-9-7(2)10(15-4)11(16-9)8(3)12(13)14/h8H,5-6H2,1-4H3,(H,13,14). The molecule has 1 rings (SSSR count). The van der Waals surface area contributed by atoms with Gasteiger partial charge in [0.1, 0.15) is 11.7 Å². The third-order valence-electron chi connectivity index (χ3n) is 2.66. The molecular weight excluding hydrogens is 208 g/mol. The Morgan fingerprint density at radius 3 is 2.62 bits per heavy atom. The fraction of sp³-hybridized carbons (Fsp3) is 0.583. The van der Waals surface area contributed by atoms with Gasteiger partial charge in [-0.05, 0) is 20.3 Å². The van der Waals surface area contributed by atoms with Crippen molar-refractivity contribution in [2.75, 3.05) is 7.11 Å². The molecule has 1 atom stereocenters. The summed E-state index contributed by atoms with van der Waals surface area (Å²) in [6.45, 7) is 5.54. The predicted molar refractivity (Wildman–Crippen MR) is 60.0 cm³/mol. The Kier molecular flexibility index (Phi) is 3.99. The van der Waals surface area contributed by atoms with Crippen molar-refractivity contribution in [3.63, 3.8) is 0 Å². The fourth-order valence-corrected chi connectivity index (χ4v) is 1.68. The number of furan rings is 1. The third-order valence-corrected chi connectivity index (χ3v) is 2.66. The highest BCUT2D eigenvalue weighted by atomic mass is 16.5. The Labute approximate surface area is 95.2 Å². The Balaban J connectivity index is 3.17. The van der Waals surface area contributed by atoms with Crippen LogP contribution < -0.4 is 4.74 Å². The largest absolute Gasteiger partial charge is 0.493 e. The van der Waals surface area contributed by atoms with E-state index in [-0.39, 0.29) is 0 Å². The molecule has 1 aromatic heterocycles. The zero-order valence-corrected chi connectivity index (χ0v) is 10.2. The Hall–Kier alpha value is -1.45. The maximum atomic E-state index is 10.9. The molecule has 0 aliphatic carbocycles. The van der Waals surface area contributed by atoms with Crippen LogP contribution in [0.5, 0.6) is 5.75 Å². The van der Waals surface area contributed by atoms with Gasteiger partial charge in [-0.15, -0.1) is 0 Å². The second-order valence-corrected chi connectivity index (χ2v) is 3.86. The number of carboxylic acid groups (broad SMARTS) is 1. The van der Waals surface area contributed by atoms with E-state index < -0.39 is 11.9 Å². The molecular formula is C12H18O4. The fourth-order valence-electron chi connectivity index (χ4n) is 1.68. The van der Waals surface area contributed by atoms with Crippen LogP contribution in [0.4, 0.5) is 0 Å². The van der Waals surface area contributed by atoms with Crippen molar-refractivity contribution in [2.45, 2.75) is 39.5 Å². The van der Waals surface area contributed by atoms with Gasteiger partial charge in [0.15, 0.2) is 11.5 Å². The van der Waals surface area contributed by atoms with Gasteiger partial charge in [-0.3, -0.25) is 4.79 Å². The van der Waals surface area contributed by atoms with Crippen molar-refractivity contribution in [1.82, 2.24) is 0 Å². The predicted octanol–water partition coefficient (Wildman–Crippen LogP) is 2.74. The number of aryl methyl sites for hydroxylation is 1. The molecule has 1 aromatic rings. The number of hydrogen-bond donors (Lipinski definition) is 1. The number of methoxy groups -OCH3 is 1. The smallest absolute Gasteiger partial charge is 0.314 e. The summed E-state index contributed by atoms with van der Waals surface area (Å²) < 4.78 is 10.8. The number of hydrogen-bond acceptors (Lipinski definition) is 3. The highest BCUT2D eigenvalue weighted by Gasteiger charge is 2.26. The van der Waals surface area contributed by atoms with Gasteiger partial charge in [-0.25, -0.2) is 0 Å². The SMILES string of the molecule is CCCc1oc(C(C)C(=O)O)c(OC)c1C. The van der Waals surface area contributed by atoms with Crippen molar-refractivity contribution in [3.8, 4) is 5.75 Å². The van der Waals surface area contributed by atoms with Gasteiger partial charge in [-0.2, -0.15) is 0 Å². The van der Waals surface area contributed by atoms with E-state index in [2.05, 4.69) is 6.92 Å². The maximum Gasteiger partial charge on any atom is 0.314 e. The van der Waals surface area contributed by atoms with Crippen LogP contribution in [-0.2, 0) is 11.2 Å². The van der Waals surface area contributed by atoms with E-state index >= 15 is 0 Å². The molecule has 0 amide bonds. The first-order valence-corrected chi connectivity index (χ1v) is 5.41. The van der Waals surface area contributed by atoms with Crippen LogP contribution in [0, 0.1) is 6.92 Å². The van der Waals surface area contributed by atoms with Crippen molar-refractivity contribution < 1.29 is 19.1 Å². The minimum Gasteiger partial charge on any atom is -0.493 e. The topological polar surface area (TPSA) is 59.7 Å². The molecule has 1 N–H and O–H groups in total. The lowest BCUT2D eigenvalue weighted by molar-refractivity contribution is -0.138. The molecule has 0 aliphatic rings. The summed E-state index contributed by atoms with van der Waals surface area (Å²) in [5.74, 6) is 0.214. The molecule has 0 aliphatic heterocycles. The molecule has 0 fully saturated rings. The van der Waals surface area contributed by atoms with Crippen LogP contribution in [0.3, 0.4) is 0 Å². The van der Waals surface area contributed by atoms with E-state index in [0.29, 0.717) is 11.5 Å². The monoisotopic (exact) mass is 226 g/mol. The van der Waals surface area contributed by atoms with E-state index in [1.54, 1.807) is 6.92 Å². The van der Waals surface area contributed by atoms with Crippen LogP contribution in [-0.4, -0.2) is 18.2 Å². The van der Waals surface area contributed by atoms with Crippen molar-refractivity contribution in [1.29, 1.82) is 0 Å². The summed E-state index contributed by atoms with van der Waals surface area (Å²) in [6.07, 6.45) is 1.76. The normalized spacial score (nSPS) is 12.5. The average molecular weight is 226 g/mol. The second-order valence-electron chi connectivity index (χ2n) is 3.86. The summed E-state index contributed by atoms with van der Waals surface area (Å²) >= 11 is 0. The summed E-state index contributed by atoms with van der Waals surface area (Å²) in [4.78, 5) is 10.9. The molecule has 16 heavy (non-hydrogen) atoms. The van der Waals surface area contributed by atoms with E-state index in [9.17, 15) is 4.79 Å². The van der Waals surface area contributed by atoms with Crippen LogP contribution >= 0.6 is 0 Å². The van der Waals surface area contributed by atoms with Gasteiger partial charge < -0.3 is 14.3 Å². The van der Waals surface area contributed by atoms with Crippen LogP contribution in [0.15, 0.2) is 4.42 Å².